The summed E-state index contributed by atoms with van der Waals surface area (Å²) in [4.78, 5) is 4.76. The SMILES string of the molecule is CCc1oc2ccccc2c1C1=C(c2cc(-c3ccccn3)sc2C)C(F)(F)C(F)(F)C1(F)F. The minimum atomic E-state index is -5.63. The number of furan rings is 1. The predicted molar refractivity (Wildman–Crippen MR) is 120 cm³/mol. The third-order valence-corrected chi connectivity index (χ3v) is 7.08. The standard InChI is InChI=1S/C25H17F6NOS/c1-3-17-20(14-8-4-5-10-18(14)33-17)22-21(23(26,27)25(30,31)24(22,28)29)15-12-19(34-13(15)2)16-9-6-7-11-32-16/h4-12H,3H2,1-2H3. The van der Waals surface area contributed by atoms with E-state index >= 15 is 17.6 Å². The number of pyridine rings is 1. The van der Waals surface area contributed by atoms with Crippen molar-refractivity contribution >= 4 is 33.5 Å². The molecule has 0 aliphatic heterocycles. The van der Waals surface area contributed by atoms with E-state index in [2.05, 4.69) is 4.98 Å². The molecule has 1 aromatic carbocycles. The lowest BCUT2D eigenvalue weighted by Gasteiger charge is -2.25. The van der Waals surface area contributed by atoms with Crippen LogP contribution in [0.2, 0.25) is 0 Å². The number of para-hydroxylation sites is 1. The maximum atomic E-state index is 15.3. The highest BCUT2D eigenvalue weighted by molar-refractivity contribution is 7.15. The molecule has 5 rings (SSSR count). The molecule has 0 amide bonds. The fourth-order valence-electron chi connectivity index (χ4n) is 4.40. The van der Waals surface area contributed by atoms with Gasteiger partial charge in [-0.1, -0.05) is 31.2 Å². The molecule has 0 saturated heterocycles. The van der Waals surface area contributed by atoms with Crippen molar-refractivity contribution in [3.63, 3.8) is 0 Å². The van der Waals surface area contributed by atoms with Crippen LogP contribution in [0, 0.1) is 6.92 Å². The van der Waals surface area contributed by atoms with E-state index in [0.717, 1.165) is 11.3 Å². The van der Waals surface area contributed by atoms with E-state index in [4.69, 9.17) is 4.42 Å². The van der Waals surface area contributed by atoms with E-state index in [1.807, 2.05) is 0 Å². The van der Waals surface area contributed by atoms with Gasteiger partial charge in [0, 0.05) is 39.6 Å². The van der Waals surface area contributed by atoms with E-state index in [1.54, 1.807) is 31.2 Å². The number of fused-ring (bicyclic) bond motifs is 1. The molecule has 0 unspecified atom stereocenters. The highest BCUT2D eigenvalue weighted by Gasteiger charge is 2.80. The van der Waals surface area contributed by atoms with E-state index < -0.39 is 34.5 Å². The Morgan fingerprint density at radius 1 is 0.912 bits per heavy atom. The first-order valence-corrected chi connectivity index (χ1v) is 11.3. The topological polar surface area (TPSA) is 26.0 Å². The van der Waals surface area contributed by atoms with Gasteiger partial charge >= 0.3 is 17.8 Å². The summed E-state index contributed by atoms with van der Waals surface area (Å²) in [6, 6.07) is 12.2. The van der Waals surface area contributed by atoms with Gasteiger partial charge in [-0.05, 0) is 36.8 Å². The van der Waals surface area contributed by atoms with Crippen LogP contribution in [0.1, 0.15) is 28.7 Å². The van der Waals surface area contributed by atoms with Crippen molar-refractivity contribution in [2.45, 2.75) is 38.0 Å². The molecule has 4 aromatic rings. The smallest absolute Gasteiger partial charge is 0.380 e. The molecule has 0 atom stereocenters. The Morgan fingerprint density at radius 2 is 1.59 bits per heavy atom. The first-order chi connectivity index (χ1) is 16.0. The van der Waals surface area contributed by atoms with Crippen LogP contribution in [0.5, 0.6) is 0 Å². The number of halogens is 6. The Bertz CT molecular complexity index is 1430. The molecule has 0 bridgehead atoms. The number of aryl methyl sites for hydroxylation is 2. The van der Waals surface area contributed by atoms with Gasteiger partial charge in [-0.3, -0.25) is 4.98 Å². The Labute approximate surface area is 194 Å². The molecule has 1 aliphatic carbocycles. The van der Waals surface area contributed by atoms with E-state index in [-0.39, 0.29) is 33.6 Å². The zero-order chi connectivity index (χ0) is 24.5. The number of hydrogen-bond acceptors (Lipinski definition) is 3. The highest BCUT2D eigenvalue weighted by Crippen LogP contribution is 2.66. The average molecular weight is 493 g/mol. The molecule has 0 spiro atoms. The fraction of sp³-hybridized carbons (Fsp3) is 0.240. The lowest BCUT2D eigenvalue weighted by Crippen LogP contribution is -2.49. The number of allylic oxidation sites excluding steroid dienone is 2. The van der Waals surface area contributed by atoms with E-state index in [0.29, 0.717) is 10.6 Å². The van der Waals surface area contributed by atoms with Crippen molar-refractivity contribution in [3.8, 4) is 10.6 Å². The van der Waals surface area contributed by atoms with Crippen molar-refractivity contribution in [1.82, 2.24) is 4.98 Å². The summed E-state index contributed by atoms with van der Waals surface area (Å²) < 4.78 is 96.5. The molecule has 3 heterocycles. The Kier molecular flexibility index (Phi) is 4.99. The van der Waals surface area contributed by atoms with Crippen molar-refractivity contribution in [1.29, 1.82) is 0 Å². The largest absolute Gasteiger partial charge is 0.460 e. The molecule has 0 fully saturated rings. The molecule has 0 N–H and O–H groups in total. The molecule has 176 valence electrons. The molecule has 2 nitrogen and oxygen atoms in total. The third-order valence-electron chi connectivity index (χ3n) is 6.01. The van der Waals surface area contributed by atoms with Gasteiger partial charge < -0.3 is 4.42 Å². The van der Waals surface area contributed by atoms with Gasteiger partial charge in [0.1, 0.15) is 11.3 Å². The fourth-order valence-corrected chi connectivity index (χ4v) is 5.40. The maximum absolute atomic E-state index is 15.3. The van der Waals surface area contributed by atoms with Crippen molar-refractivity contribution in [2.24, 2.45) is 0 Å². The molecular formula is C25H17F6NOS. The summed E-state index contributed by atoms with van der Waals surface area (Å²) in [5, 5.41) is 0.0813. The van der Waals surface area contributed by atoms with Crippen molar-refractivity contribution in [2.75, 3.05) is 0 Å². The normalized spacial score (nSPS) is 18.7. The molecule has 34 heavy (non-hydrogen) atoms. The Morgan fingerprint density at radius 3 is 2.26 bits per heavy atom. The van der Waals surface area contributed by atoms with Gasteiger partial charge in [0.2, 0.25) is 0 Å². The van der Waals surface area contributed by atoms with Crippen molar-refractivity contribution < 1.29 is 30.8 Å². The van der Waals surface area contributed by atoms with Gasteiger partial charge in [0.05, 0.1) is 10.6 Å². The average Bonchev–Trinajstić information content (AvgIpc) is 3.39. The molecule has 0 saturated carbocycles. The van der Waals surface area contributed by atoms with Crippen LogP contribution in [0.4, 0.5) is 26.3 Å². The van der Waals surface area contributed by atoms with Crippen LogP contribution in [0.3, 0.4) is 0 Å². The van der Waals surface area contributed by atoms with E-state index in [9.17, 15) is 8.78 Å². The van der Waals surface area contributed by atoms with Crippen LogP contribution in [0.25, 0.3) is 32.7 Å². The van der Waals surface area contributed by atoms with Gasteiger partial charge in [-0.25, -0.2) is 0 Å². The van der Waals surface area contributed by atoms with Gasteiger partial charge in [0.15, 0.2) is 0 Å². The first kappa shape index (κ1) is 22.7. The minimum Gasteiger partial charge on any atom is -0.460 e. The zero-order valence-corrected chi connectivity index (χ0v) is 18.8. The van der Waals surface area contributed by atoms with Gasteiger partial charge in [0.25, 0.3) is 0 Å². The number of benzene rings is 1. The summed E-state index contributed by atoms with van der Waals surface area (Å²) >= 11 is 1.02. The zero-order valence-electron chi connectivity index (χ0n) is 17.9. The second kappa shape index (κ2) is 7.46. The van der Waals surface area contributed by atoms with Crippen molar-refractivity contribution in [3.05, 3.63) is 76.5 Å². The summed E-state index contributed by atoms with van der Waals surface area (Å²) in [7, 11) is 0. The first-order valence-electron chi connectivity index (χ1n) is 10.4. The molecule has 9 heteroatoms. The Hall–Kier alpha value is -3.07. The lowest BCUT2D eigenvalue weighted by atomic mass is 9.92. The molecular weight excluding hydrogens is 476 g/mol. The van der Waals surface area contributed by atoms with Gasteiger partial charge in [-0.2, -0.15) is 26.3 Å². The van der Waals surface area contributed by atoms with Crippen LogP contribution in [0.15, 0.2) is 59.1 Å². The van der Waals surface area contributed by atoms with Crippen LogP contribution >= 0.6 is 11.3 Å². The number of hydrogen-bond donors (Lipinski definition) is 0. The Balaban J connectivity index is 1.89. The lowest BCUT2D eigenvalue weighted by molar-refractivity contribution is -0.254. The summed E-state index contributed by atoms with van der Waals surface area (Å²) in [5.41, 5.74) is -2.94. The second-order valence-corrected chi connectivity index (χ2v) is 9.27. The van der Waals surface area contributed by atoms with Crippen LogP contribution in [-0.4, -0.2) is 22.8 Å². The minimum absolute atomic E-state index is 0.0514. The quantitative estimate of drug-likeness (QED) is 0.268. The summed E-state index contributed by atoms with van der Waals surface area (Å²) in [6.45, 7) is 3.02. The molecule has 0 radical (unpaired) electrons. The summed E-state index contributed by atoms with van der Waals surface area (Å²) in [5.74, 6) is -15.9. The maximum Gasteiger partial charge on any atom is 0.380 e. The number of aromatic nitrogens is 1. The van der Waals surface area contributed by atoms with E-state index in [1.165, 1.54) is 37.4 Å². The molecule has 3 aromatic heterocycles. The molecule has 1 aliphatic rings. The number of nitrogens with zero attached hydrogens (tertiary/aromatic N) is 1. The number of rotatable bonds is 4. The van der Waals surface area contributed by atoms with Crippen LogP contribution in [-0.2, 0) is 6.42 Å². The predicted octanol–water partition coefficient (Wildman–Crippen LogP) is 8.26. The van der Waals surface area contributed by atoms with Crippen LogP contribution < -0.4 is 0 Å². The summed E-state index contributed by atoms with van der Waals surface area (Å²) in [6.07, 6.45) is 1.54. The van der Waals surface area contributed by atoms with Gasteiger partial charge in [-0.15, -0.1) is 11.3 Å². The third kappa shape index (κ3) is 2.92. The highest BCUT2D eigenvalue weighted by atomic mass is 32.1. The number of thiophene rings is 1. The second-order valence-electron chi connectivity index (χ2n) is 8.02. The monoisotopic (exact) mass is 493 g/mol. The number of alkyl halides is 6.